The number of rotatable bonds is 6. The lowest BCUT2D eigenvalue weighted by Crippen LogP contribution is -2.44. The van der Waals surface area contributed by atoms with Crippen molar-refractivity contribution in [3.8, 4) is 5.75 Å². The monoisotopic (exact) mass is 395 g/mol. The number of carbonyl (C=O) groups excluding carboxylic acids is 1. The van der Waals surface area contributed by atoms with Gasteiger partial charge in [0.15, 0.2) is 0 Å². The molecule has 148 valence electrons. The van der Waals surface area contributed by atoms with Crippen molar-refractivity contribution in [3.05, 3.63) is 30.0 Å². The Hall–Kier alpha value is -2.10. The van der Waals surface area contributed by atoms with Gasteiger partial charge in [0.25, 0.3) is 5.91 Å². The fourth-order valence-electron chi connectivity index (χ4n) is 3.26. The number of nitrogens with zero attached hydrogens (tertiary/aromatic N) is 2. The molecule has 1 aromatic carbocycles. The quantitative estimate of drug-likeness (QED) is 0.782. The molecule has 1 saturated heterocycles. The lowest BCUT2D eigenvalue weighted by Gasteiger charge is -2.21. The lowest BCUT2D eigenvalue weighted by atomic mass is 10.1. The average Bonchev–Trinajstić information content (AvgIpc) is 3.18. The van der Waals surface area contributed by atoms with Crippen molar-refractivity contribution in [1.29, 1.82) is 0 Å². The Balaban J connectivity index is 1.78. The Morgan fingerprint density at radius 1 is 1.33 bits per heavy atom. The summed E-state index contributed by atoms with van der Waals surface area (Å²) in [6.07, 6.45) is 0. The van der Waals surface area contributed by atoms with Gasteiger partial charge in [0, 0.05) is 38.0 Å². The number of fused-ring (bicyclic) bond motifs is 1. The summed E-state index contributed by atoms with van der Waals surface area (Å²) in [6.45, 7) is 0.613. The van der Waals surface area contributed by atoms with Crippen LogP contribution in [-0.2, 0) is 21.8 Å². The molecule has 27 heavy (non-hydrogen) atoms. The van der Waals surface area contributed by atoms with Gasteiger partial charge in [0.1, 0.15) is 11.4 Å². The van der Waals surface area contributed by atoms with Gasteiger partial charge in [-0.25, -0.2) is 12.7 Å². The van der Waals surface area contributed by atoms with Crippen molar-refractivity contribution >= 4 is 26.8 Å². The molecule has 3 rings (SSSR count). The summed E-state index contributed by atoms with van der Waals surface area (Å²) in [5, 5.41) is 3.84. The largest absolute Gasteiger partial charge is 0.497 e. The number of carbonyl (C=O) groups is 1. The van der Waals surface area contributed by atoms with E-state index in [0.29, 0.717) is 18.9 Å². The van der Waals surface area contributed by atoms with Crippen molar-refractivity contribution in [2.24, 2.45) is 13.0 Å². The Morgan fingerprint density at radius 3 is 2.74 bits per heavy atom. The molecule has 0 aliphatic carbocycles. The van der Waals surface area contributed by atoms with E-state index in [1.807, 2.05) is 29.8 Å². The Bertz CT molecular complexity index is 951. The second kappa shape index (κ2) is 7.49. The summed E-state index contributed by atoms with van der Waals surface area (Å²) in [5.74, 6) is 0.127. The van der Waals surface area contributed by atoms with Gasteiger partial charge >= 0.3 is 0 Å². The van der Waals surface area contributed by atoms with Gasteiger partial charge in [-0.1, -0.05) is 0 Å². The van der Waals surface area contributed by atoms with Gasteiger partial charge in [-0.15, -0.1) is 0 Å². The molecule has 2 heterocycles. The summed E-state index contributed by atoms with van der Waals surface area (Å²) < 4.78 is 38.0. The molecule has 0 saturated carbocycles. The number of methoxy groups -OCH3 is 1. The first-order valence-corrected chi connectivity index (χ1v) is 10.3. The minimum atomic E-state index is -3.37. The zero-order valence-corrected chi connectivity index (χ0v) is 16.7. The molecule has 2 atom stereocenters. The standard InChI is InChI=1S/C18H25N3O5S/c1-20(2)27(23,24)11-13-9-26-10-15(13)19-18(22)17-8-12-7-14(25-4)5-6-16(12)21(17)3/h5-8,13,15H,9-11H2,1-4H3,(H,19,22)/t13-,15-/m0/s1. The molecule has 1 fully saturated rings. The highest BCUT2D eigenvalue weighted by Crippen LogP contribution is 2.24. The molecule has 8 nitrogen and oxygen atoms in total. The van der Waals surface area contributed by atoms with E-state index in [9.17, 15) is 13.2 Å². The molecule has 1 aliphatic heterocycles. The van der Waals surface area contributed by atoms with Crippen LogP contribution in [0.3, 0.4) is 0 Å². The summed E-state index contributed by atoms with van der Waals surface area (Å²) in [5.41, 5.74) is 1.41. The minimum Gasteiger partial charge on any atom is -0.497 e. The fourth-order valence-corrected chi connectivity index (χ4v) is 4.42. The maximum Gasteiger partial charge on any atom is 0.268 e. The molecular weight excluding hydrogens is 370 g/mol. The first-order valence-electron chi connectivity index (χ1n) is 8.65. The number of aromatic nitrogens is 1. The highest BCUT2D eigenvalue weighted by atomic mass is 32.2. The summed E-state index contributed by atoms with van der Waals surface area (Å²) in [7, 11) is 3.06. The number of hydrogen-bond donors (Lipinski definition) is 1. The molecule has 2 aromatic rings. The third kappa shape index (κ3) is 3.95. The molecule has 1 N–H and O–H groups in total. The molecule has 1 amide bonds. The van der Waals surface area contributed by atoms with Gasteiger partial charge in [0.05, 0.1) is 32.1 Å². The fraction of sp³-hybridized carbons (Fsp3) is 0.500. The molecule has 0 bridgehead atoms. The molecule has 9 heteroatoms. The predicted octanol–water partition coefficient (Wildman–Crippen LogP) is 0.823. The number of nitrogens with one attached hydrogen (secondary N) is 1. The first kappa shape index (κ1) is 19.7. The highest BCUT2D eigenvalue weighted by molar-refractivity contribution is 7.89. The third-order valence-electron chi connectivity index (χ3n) is 4.98. The third-order valence-corrected chi connectivity index (χ3v) is 6.94. The number of sulfonamides is 1. The second-order valence-corrected chi connectivity index (χ2v) is 9.18. The van der Waals surface area contributed by atoms with E-state index < -0.39 is 10.0 Å². The normalized spacial score (nSPS) is 20.3. The van der Waals surface area contributed by atoms with E-state index in [1.165, 1.54) is 18.4 Å². The molecule has 0 unspecified atom stereocenters. The molecule has 0 spiro atoms. The van der Waals surface area contributed by atoms with Crippen molar-refractivity contribution in [3.63, 3.8) is 0 Å². The van der Waals surface area contributed by atoms with Crippen LogP contribution in [0.15, 0.2) is 24.3 Å². The maximum atomic E-state index is 12.8. The topological polar surface area (TPSA) is 89.9 Å². The Morgan fingerprint density at radius 2 is 2.07 bits per heavy atom. The van der Waals surface area contributed by atoms with E-state index >= 15 is 0 Å². The van der Waals surface area contributed by atoms with Crippen LogP contribution in [0.25, 0.3) is 10.9 Å². The van der Waals surface area contributed by atoms with Crippen molar-refractivity contribution < 1.29 is 22.7 Å². The number of hydrogen-bond acceptors (Lipinski definition) is 5. The molecule has 0 radical (unpaired) electrons. The van der Waals surface area contributed by atoms with Gasteiger partial charge in [-0.3, -0.25) is 4.79 Å². The van der Waals surface area contributed by atoms with Crippen LogP contribution in [0.4, 0.5) is 0 Å². The van der Waals surface area contributed by atoms with Gasteiger partial charge < -0.3 is 19.4 Å². The van der Waals surface area contributed by atoms with Gasteiger partial charge in [-0.05, 0) is 24.3 Å². The van der Waals surface area contributed by atoms with E-state index in [1.54, 1.807) is 13.2 Å². The van der Waals surface area contributed by atoms with E-state index in [2.05, 4.69) is 5.32 Å². The van der Waals surface area contributed by atoms with Crippen molar-refractivity contribution in [1.82, 2.24) is 14.2 Å². The summed E-state index contributed by atoms with van der Waals surface area (Å²) >= 11 is 0. The van der Waals surface area contributed by atoms with Crippen molar-refractivity contribution in [2.75, 3.05) is 40.2 Å². The van der Waals surface area contributed by atoms with Crippen LogP contribution in [0.1, 0.15) is 10.5 Å². The van der Waals surface area contributed by atoms with Gasteiger partial charge in [0.2, 0.25) is 10.0 Å². The van der Waals surface area contributed by atoms with Crippen LogP contribution in [0.2, 0.25) is 0 Å². The van der Waals surface area contributed by atoms with Crippen LogP contribution >= 0.6 is 0 Å². The molecular formula is C18H25N3O5S. The SMILES string of the molecule is COc1ccc2c(c1)cc(C(=O)N[C@H]1COC[C@H]1CS(=O)(=O)N(C)C)n2C. The predicted molar refractivity (Wildman–Crippen MR) is 103 cm³/mol. The van der Waals surface area contributed by atoms with Crippen LogP contribution in [-0.4, -0.2) is 69.4 Å². The first-order chi connectivity index (χ1) is 12.7. The van der Waals surface area contributed by atoms with Crippen LogP contribution < -0.4 is 10.1 Å². The zero-order chi connectivity index (χ0) is 19.8. The minimum absolute atomic E-state index is 0.0583. The van der Waals surface area contributed by atoms with Crippen LogP contribution in [0.5, 0.6) is 5.75 Å². The zero-order valence-electron chi connectivity index (χ0n) is 15.9. The second-order valence-electron chi connectivity index (χ2n) is 6.95. The highest BCUT2D eigenvalue weighted by Gasteiger charge is 2.34. The number of ether oxygens (including phenoxy) is 2. The van der Waals surface area contributed by atoms with E-state index in [-0.39, 0.29) is 23.6 Å². The Kier molecular flexibility index (Phi) is 5.45. The number of benzene rings is 1. The molecule has 1 aromatic heterocycles. The average molecular weight is 395 g/mol. The number of amides is 1. The smallest absolute Gasteiger partial charge is 0.268 e. The summed E-state index contributed by atoms with van der Waals surface area (Å²) in [6, 6.07) is 7.07. The van der Waals surface area contributed by atoms with Gasteiger partial charge in [-0.2, -0.15) is 0 Å². The number of aryl methyl sites for hydroxylation is 1. The Labute approximate surface area is 159 Å². The summed E-state index contributed by atoms with van der Waals surface area (Å²) in [4.78, 5) is 12.8. The van der Waals surface area contributed by atoms with Crippen LogP contribution in [0, 0.1) is 5.92 Å². The molecule has 1 aliphatic rings. The van der Waals surface area contributed by atoms with Crippen molar-refractivity contribution in [2.45, 2.75) is 6.04 Å². The van der Waals surface area contributed by atoms with E-state index in [0.717, 1.165) is 16.7 Å². The van der Waals surface area contributed by atoms with E-state index in [4.69, 9.17) is 9.47 Å². The maximum absolute atomic E-state index is 12.8. The lowest BCUT2D eigenvalue weighted by molar-refractivity contribution is 0.0918.